The predicted molar refractivity (Wildman–Crippen MR) is 134 cm³/mol. The second kappa shape index (κ2) is 13.1. The first kappa shape index (κ1) is 28.6. The molecule has 3 nitrogen and oxygen atoms in total. The molecule has 0 unspecified atom stereocenters. The molecule has 0 saturated carbocycles. The number of hydrogen-bond donors (Lipinski definition) is 0. The molecule has 0 amide bonds. The molecule has 0 saturated heterocycles. The first-order valence-corrected chi connectivity index (χ1v) is 20.1. The fourth-order valence-electron chi connectivity index (χ4n) is 4.19. The maximum atomic E-state index is 13.2. The molecule has 0 heterocycles. The zero-order chi connectivity index (χ0) is 21.8. The summed E-state index contributed by atoms with van der Waals surface area (Å²) >= 11 is 0. The van der Waals surface area contributed by atoms with E-state index >= 15 is 0 Å². The summed E-state index contributed by atoms with van der Waals surface area (Å²) in [6, 6.07) is 1.05. The summed E-state index contributed by atoms with van der Waals surface area (Å²) in [5.41, 5.74) is 0. The zero-order valence-corrected chi connectivity index (χ0v) is 22.9. The van der Waals surface area contributed by atoms with E-state index in [4.69, 9.17) is 3.97 Å². The molecule has 0 aliphatic rings. The molecule has 0 aromatic heterocycles. The fourth-order valence-corrected chi connectivity index (χ4v) is 16.0. The molecular formula is C22H51O3PSSi. The third kappa shape index (κ3) is 11.1. The molecule has 6 heteroatoms. The van der Waals surface area contributed by atoms with Gasteiger partial charge in [0.05, 0.1) is 0 Å². The Labute approximate surface area is 178 Å². The second-order valence-electron chi connectivity index (χ2n) is 10.2. The molecule has 0 spiro atoms. The van der Waals surface area contributed by atoms with E-state index in [-0.39, 0.29) is 5.75 Å². The summed E-state index contributed by atoms with van der Waals surface area (Å²) in [4.78, 5) is 0. The van der Waals surface area contributed by atoms with Crippen LogP contribution in [-0.4, -0.2) is 46.9 Å². The topological polar surface area (TPSA) is 43.4 Å². The van der Waals surface area contributed by atoms with Gasteiger partial charge in [0.1, 0.15) is 0 Å². The van der Waals surface area contributed by atoms with Crippen LogP contribution in [0.25, 0.3) is 0 Å². The minimum absolute atomic E-state index is 0.214. The Bertz CT molecular complexity index is 471. The summed E-state index contributed by atoms with van der Waals surface area (Å²) in [7, 11) is -4.69. The molecule has 0 aromatic rings. The Morgan fingerprint density at radius 3 is 1.32 bits per heavy atom. The summed E-state index contributed by atoms with van der Waals surface area (Å²) in [6.45, 7) is 13.1. The summed E-state index contributed by atoms with van der Waals surface area (Å²) < 4.78 is 33.0. The van der Waals surface area contributed by atoms with E-state index in [1.54, 1.807) is 0 Å². The minimum atomic E-state index is -3.46. The Balaban J connectivity index is 5.82. The molecule has 0 atom stereocenters. The molecule has 0 N–H and O–H groups in total. The van der Waals surface area contributed by atoms with Crippen molar-refractivity contribution in [1.82, 2.24) is 0 Å². The zero-order valence-electron chi connectivity index (χ0n) is 20.2. The molecule has 172 valence electrons. The molecule has 0 aliphatic carbocycles. The second-order valence-corrected chi connectivity index (χ2v) is 23.4. The fraction of sp³-hybridized carbons (Fsp3) is 1.00. The van der Waals surface area contributed by atoms with Gasteiger partial charge in [0.2, 0.25) is 0 Å². The molecule has 0 bridgehead atoms. The SMILES string of the molecule is CCCCP(CCCC)(CCCC)(CCCC)OS(=O)(=O)CCC[Si](C)(C)C. The Morgan fingerprint density at radius 1 is 0.679 bits per heavy atom. The molecular weight excluding hydrogens is 403 g/mol. The van der Waals surface area contributed by atoms with E-state index in [1.165, 1.54) is 0 Å². The van der Waals surface area contributed by atoms with Crippen LogP contribution in [0.5, 0.6) is 0 Å². The van der Waals surface area contributed by atoms with Gasteiger partial charge in [-0.2, -0.15) is 0 Å². The average molecular weight is 455 g/mol. The Kier molecular flexibility index (Phi) is 13.3. The quantitative estimate of drug-likeness (QED) is 0.157. The first-order valence-electron chi connectivity index (χ1n) is 11.9. The van der Waals surface area contributed by atoms with Crippen molar-refractivity contribution < 1.29 is 12.4 Å². The van der Waals surface area contributed by atoms with Crippen molar-refractivity contribution in [2.75, 3.05) is 30.4 Å². The number of hydrogen-bond acceptors (Lipinski definition) is 3. The van der Waals surface area contributed by atoms with Gasteiger partial charge in [-0.15, -0.1) is 0 Å². The van der Waals surface area contributed by atoms with Gasteiger partial charge in [-0.1, -0.05) is 0 Å². The summed E-state index contributed by atoms with van der Waals surface area (Å²) in [6.07, 6.45) is 13.6. The van der Waals surface area contributed by atoms with Crippen molar-refractivity contribution in [2.45, 2.75) is 111 Å². The maximum absolute atomic E-state index is 13.2. The van der Waals surface area contributed by atoms with Gasteiger partial charge in [-0.25, -0.2) is 0 Å². The van der Waals surface area contributed by atoms with Crippen LogP contribution in [0.1, 0.15) is 85.5 Å². The van der Waals surface area contributed by atoms with Crippen LogP contribution in [0.4, 0.5) is 0 Å². The van der Waals surface area contributed by atoms with Crippen LogP contribution in [0.2, 0.25) is 25.7 Å². The molecule has 0 fully saturated rings. The monoisotopic (exact) mass is 454 g/mol. The number of unbranched alkanes of at least 4 members (excludes halogenated alkanes) is 4. The van der Waals surface area contributed by atoms with Crippen LogP contribution in [-0.2, 0) is 14.1 Å². The van der Waals surface area contributed by atoms with Crippen molar-refractivity contribution in [2.24, 2.45) is 0 Å². The molecule has 0 aliphatic heterocycles. The van der Waals surface area contributed by atoms with E-state index in [0.717, 1.165) is 88.5 Å². The van der Waals surface area contributed by atoms with Crippen LogP contribution >= 0.6 is 6.83 Å². The normalized spacial score (nSPS) is 14.8. The van der Waals surface area contributed by atoms with E-state index in [9.17, 15) is 8.42 Å². The molecule has 0 radical (unpaired) electrons. The summed E-state index contributed by atoms with van der Waals surface area (Å²) in [5, 5.41) is 0. The van der Waals surface area contributed by atoms with E-state index in [1.807, 2.05) is 0 Å². The average Bonchev–Trinajstić information content (AvgIpc) is 2.60. The van der Waals surface area contributed by atoms with Crippen molar-refractivity contribution in [1.29, 1.82) is 0 Å². The van der Waals surface area contributed by atoms with Gasteiger partial charge in [0.15, 0.2) is 0 Å². The predicted octanol–water partition coefficient (Wildman–Crippen LogP) is 7.73. The van der Waals surface area contributed by atoms with Gasteiger partial charge >= 0.3 is 179 Å². The van der Waals surface area contributed by atoms with Crippen molar-refractivity contribution in [3.8, 4) is 0 Å². The van der Waals surface area contributed by atoms with Crippen LogP contribution in [0, 0.1) is 0 Å². The van der Waals surface area contributed by atoms with Crippen LogP contribution in [0.3, 0.4) is 0 Å². The van der Waals surface area contributed by atoms with Crippen LogP contribution < -0.4 is 0 Å². The Morgan fingerprint density at radius 2 is 1.04 bits per heavy atom. The number of rotatable bonds is 18. The third-order valence-electron chi connectivity index (χ3n) is 5.95. The first-order chi connectivity index (χ1) is 13.0. The summed E-state index contributed by atoms with van der Waals surface area (Å²) in [5.74, 6) is 0.214. The van der Waals surface area contributed by atoms with Gasteiger partial charge in [-0.05, 0) is 0 Å². The van der Waals surface area contributed by atoms with Gasteiger partial charge < -0.3 is 0 Å². The third-order valence-corrected chi connectivity index (χ3v) is 17.0. The Hall–Kier alpha value is 0.557. The van der Waals surface area contributed by atoms with Gasteiger partial charge in [0, 0.05) is 0 Å². The van der Waals surface area contributed by atoms with Crippen LogP contribution in [0.15, 0.2) is 0 Å². The standard InChI is InChI=1S/C22H51O3PSSi/c1-8-12-17-26(18-13-9-2,19-14-10-3,20-15-11-4)25-27(23,24)21-16-22-28(5,6)7/h8-22H2,1-7H3. The molecule has 0 rings (SSSR count). The van der Waals surface area contributed by atoms with Gasteiger partial charge in [0.25, 0.3) is 0 Å². The molecule has 28 heavy (non-hydrogen) atoms. The van der Waals surface area contributed by atoms with E-state index < -0.39 is 25.0 Å². The van der Waals surface area contributed by atoms with E-state index in [2.05, 4.69) is 47.3 Å². The van der Waals surface area contributed by atoms with E-state index in [0.29, 0.717) is 0 Å². The van der Waals surface area contributed by atoms with Crippen molar-refractivity contribution in [3.05, 3.63) is 0 Å². The van der Waals surface area contributed by atoms with Gasteiger partial charge in [-0.3, -0.25) is 0 Å². The van der Waals surface area contributed by atoms with Crippen molar-refractivity contribution >= 4 is 25.0 Å². The van der Waals surface area contributed by atoms with Crippen molar-refractivity contribution in [3.63, 3.8) is 0 Å². The molecule has 0 aromatic carbocycles.